The fraction of sp³-hybridized carbons (Fsp3) is 0.250. The molecule has 0 fully saturated rings. The van der Waals surface area contributed by atoms with Crippen LogP contribution in [0.1, 0.15) is 12.5 Å². The second-order valence-corrected chi connectivity index (χ2v) is 2.66. The van der Waals surface area contributed by atoms with Gasteiger partial charge in [0.1, 0.15) is 0 Å². The Hall–Kier alpha value is -0.890. The molecule has 60 valence electrons. The molecule has 0 radical (unpaired) electrons. The Bertz CT molecular complexity index is 271. The lowest BCUT2D eigenvalue weighted by Gasteiger charge is -2.03. The number of phenols is 2. The predicted octanol–water partition coefficient (Wildman–Crippen LogP) is 2.31. The van der Waals surface area contributed by atoms with E-state index in [2.05, 4.69) is 0 Å². The van der Waals surface area contributed by atoms with Crippen LogP contribution >= 0.6 is 11.6 Å². The average Bonchev–Trinajstić information content (AvgIpc) is 2.01. The molecule has 1 aromatic rings. The first-order chi connectivity index (χ1) is 5.16. The summed E-state index contributed by atoms with van der Waals surface area (Å²) in [5, 5.41) is 18.6. The van der Waals surface area contributed by atoms with E-state index < -0.39 is 0 Å². The number of benzene rings is 1. The van der Waals surface area contributed by atoms with Gasteiger partial charge in [-0.1, -0.05) is 24.6 Å². The van der Waals surface area contributed by atoms with Crippen LogP contribution in [0.25, 0.3) is 0 Å². The van der Waals surface area contributed by atoms with Gasteiger partial charge in [-0.15, -0.1) is 0 Å². The molecule has 1 rings (SSSR count). The molecule has 0 aliphatic carbocycles. The van der Waals surface area contributed by atoms with Crippen LogP contribution in [0.4, 0.5) is 0 Å². The molecule has 2 N–H and O–H groups in total. The topological polar surface area (TPSA) is 40.5 Å². The zero-order valence-electron chi connectivity index (χ0n) is 6.13. The lowest BCUT2D eigenvalue weighted by Crippen LogP contribution is -1.81. The van der Waals surface area contributed by atoms with E-state index in [0.717, 1.165) is 0 Å². The molecule has 0 aliphatic heterocycles. The van der Waals surface area contributed by atoms with Crippen LogP contribution < -0.4 is 0 Å². The molecule has 0 atom stereocenters. The monoisotopic (exact) mass is 172 g/mol. The Labute approximate surface area is 70.1 Å². The van der Waals surface area contributed by atoms with Crippen molar-refractivity contribution in [2.24, 2.45) is 0 Å². The van der Waals surface area contributed by atoms with E-state index in [1.54, 1.807) is 12.1 Å². The normalized spacial score (nSPS) is 10.0. The number of hydrogen-bond acceptors (Lipinski definition) is 2. The van der Waals surface area contributed by atoms with Gasteiger partial charge in [0.25, 0.3) is 0 Å². The van der Waals surface area contributed by atoms with Crippen LogP contribution in [0.3, 0.4) is 0 Å². The molecule has 0 aromatic heterocycles. The molecular weight excluding hydrogens is 164 g/mol. The third-order valence-electron chi connectivity index (χ3n) is 1.57. The number of rotatable bonds is 1. The minimum absolute atomic E-state index is 0.111. The second-order valence-electron chi connectivity index (χ2n) is 2.26. The van der Waals surface area contributed by atoms with Gasteiger partial charge < -0.3 is 10.2 Å². The standard InChI is InChI=1S/C8H9ClO2/c1-2-5-3-4-6(9)8(11)7(5)10/h3-4,10-11H,2H2,1H3. The molecule has 0 saturated carbocycles. The van der Waals surface area contributed by atoms with Gasteiger partial charge in [-0.05, 0) is 18.1 Å². The van der Waals surface area contributed by atoms with Crippen LogP contribution in [-0.2, 0) is 6.42 Å². The van der Waals surface area contributed by atoms with Crippen molar-refractivity contribution in [3.8, 4) is 11.5 Å². The number of halogens is 1. The molecule has 0 heterocycles. The van der Waals surface area contributed by atoms with Gasteiger partial charge in [0, 0.05) is 0 Å². The molecule has 2 nitrogen and oxygen atoms in total. The fourth-order valence-electron chi connectivity index (χ4n) is 0.882. The van der Waals surface area contributed by atoms with Gasteiger partial charge in [-0.25, -0.2) is 0 Å². The SMILES string of the molecule is CCc1ccc(Cl)c(O)c1O. The number of hydrogen-bond donors (Lipinski definition) is 2. The van der Waals surface area contributed by atoms with Gasteiger partial charge in [0.15, 0.2) is 11.5 Å². The minimum atomic E-state index is -0.231. The van der Waals surface area contributed by atoms with E-state index in [0.29, 0.717) is 12.0 Å². The quantitative estimate of drug-likeness (QED) is 0.639. The first-order valence-electron chi connectivity index (χ1n) is 3.36. The van der Waals surface area contributed by atoms with Crippen molar-refractivity contribution in [2.45, 2.75) is 13.3 Å². The highest BCUT2D eigenvalue weighted by Gasteiger charge is 2.07. The molecule has 0 aliphatic rings. The highest BCUT2D eigenvalue weighted by atomic mass is 35.5. The summed E-state index contributed by atoms with van der Waals surface area (Å²) in [6.45, 7) is 1.89. The summed E-state index contributed by atoms with van der Waals surface area (Å²) >= 11 is 5.53. The highest BCUT2D eigenvalue weighted by molar-refractivity contribution is 6.32. The van der Waals surface area contributed by atoms with Crippen molar-refractivity contribution in [1.29, 1.82) is 0 Å². The summed E-state index contributed by atoms with van der Waals surface area (Å²) in [7, 11) is 0. The Balaban J connectivity index is 3.25. The molecule has 1 aromatic carbocycles. The van der Waals surface area contributed by atoms with E-state index in [1.807, 2.05) is 6.92 Å². The number of aromatic hydroxyl groups is 2. The van der Waals surface area contributed by atoms with Crippen LogP contribution in [0.5, 0.6) is 11.5 Å². The van der Waals surface area contributed by atoms with E-state index in [-0.39, 0.29) is 16.5 Å². The van der Waals surface area contributed by atoms with Crippen molar-refractivity contribution < 1.29 is 10.2 Å². The Kier molecular flexibility index (Phi) is 2.25. The maximum absolute atomic E-state index is 9.24. The summed E-state index contributed by atoms with van der Waals surface area (Å²) in [4.78, 5) is 0. The smallest absolute Gasteiger partial charge is 0.176 e. The summed E-state index contributed by atoms with van der Waals surface area (Å²) in [5.41, 5.74) is 0.701. The van der Waals surface area contributed by atoms with E-state index in [1.165, 1.54) is 0 Å². The van der Waals surface area contributed by atoms with Gasteiger partial charge in [-0.2, -0.15) is 0 Å². The van der Waals surface area contributed by atoms with Crippen LogP contribution in [0.15, 0.2) is 12.1 Å². The first-order valence-corrected chi connectivity index (χ1v) is 3.74. The Morgan fingerprint density at radius 3 is 2.45 bits per heavy atom. The van der Waals surface area contributed by atoms with Crippen molar-refractivity contribution in [2.75, 3.05) is 0 Å². The molecule has 0 bridgehead atoms. The van der Waals surface area contributed by atoms with Crippen molar-refractivity contribution >= 4 is 11.6 Å². The van der Waals surface area contributed by atoms with E-state index in [9.17, 15) is 5.11 Å². The lowest BCUT2D eigenvalue weighted by molar-refractivity contribution is 0.400. The largest absolute Gasteiger partial charge is 0.504 e. The second kappa shape index (κ2) is 3.01. The summed E-state index contributed by atoms with van der Waals surface area (Å²) < 4.78 is 0. The summed E-state index contributed by atoms with van der Waals surface area (Å²) in [6, 6.07) is 3.26. The van der Waals surface area contributed by atoms with Gasteiger partial charge >= 0.3 is 0 Å². The van der Waals surface area contributed by atoms with Crippen molar-refractivity contribution in [1.82, 2.24) is 0 Å². The van der Waals surface area contributed by atoms with Gasteiger partial charge in [0.05, 0.1) is 5.02 Å². The predicted molar refractivity (Wildman–Crippen MR) is 44.2 cm³/mol. The molecular formula is C8H9ClO2. The first kappa shape index (κ1) is 8.21. The zero-order chi connectivity index (χ0) is 8.43. The maximum atomic E-state index is 9.24. The Morgan fingerprint density at radius 1 is 1.27 bits per heavy atom. The van der Waals surface area contributed by atoms with Crippen LogP contribution in [0.2, 0.25) is 5.02 Å². The third-order valence-corrected chi connectivity index (χ3v) is 1.87. The van der Waals surface area contributed by atoms with E-state index >= 15 is 0 Å². The third kappa shape index (κ3) is 1.40. The van der Waals surface area contributed by atoms with Gasteiger partial charge in [0.2, 0.25) is 0 Å². The molecule has 0 unspecified atom stereocenters. The Morgan fingerprint density at radius 2 is 1.91 bits per heavy atom. The highest BCUT2D eigenvalue weighted by Crippen LogP contribution is 2.35. The lowest BCUT2D eigenvalue weighted by atomic mass is 10.1. The average molecular weight is 173 g/mol. The minimum Gasteiger partial charge on any atom is -0.504 e. The molecule has 0 saturated heterocycles. The van der Waals surface area contributed by atoms with Crippen molar-refractivity contribution in [3.05, 3.63) is 22.7 Å². The number of aryl methyl sites for hydroxylation is 1. The molecule has 3 heteroatoms. The maximum Gasteiger partial charge on any atom is 0.176 e. The molecule has 11 heavy (non-hydrogen) atoms. The van der Waals surface area contributed by atoms with Gasteiger partial charge in [-0.3, -0.25) is 0 Å². The zero-order valence-corrected chi connectivity index (χ0v) is 6.89. The van der Waals surface area contributed by atoms with Crippen molar-refractivity contribution in [3.63, 3.8) is 0 Å². The number of phenolic OH excluding ortho intramolecular Hbond substituents is 2. The molecule has 0 spiro atoms. The fourth-order valence-corrected chi connectivity index (χ4v) is 1.03. The van der Waals surface area contributed by atoms with E-state index in [4.69, 9.17) is 16.7 Å². The summed E-state index contributed by atoms with van der Waals surface area (Å²) in [5.74, 6) is -0.342. The summed E-state index contributed by atoms with van der Waals surface area (Å²) in [6.07, 6.45) is 0.677. The van der Waals surface area contributed by atoms with Crippen LogP contribution in [0, 0.1) is 0 Å². The van der Waals surface area contributed by atoms with Crippen LogP contribution in [-0.4, -0.2) is 10.2 Å². The molecule has 0 amide bonds.